The summed E-state index contributed by atoms with van der Waals surface area (Å²) in [5.74, 6) is 0.873. The zero-order valence-corrected chi connectivity index (χ0v) is 16.6. The molecule has 26 heavy (non-hydrogen) atoms. The summed E-state index contributed by atoms with van der Waals surface area (Å²) >= 11 is 0. The van der Waals surface area contributed by atoms with Gasteiger partial charge in [0.1, 0.15) is 0 Å². The fourth-order valence-corrected chi connectivity index (χ4v) is 5.85. The van der Waals surface area contributed by atoms with Crippen LogP contribution in [0.5, 0.6) is 0 Å². The summed E-state index contributed by atoms with van der Waals surface area (Å²) in [6, 6.07) is 0. The third-order valence-electron chi connectivity index (χ3n) is 7.40. The molecule has 0 aromatic carbocycles. The summed E-state index contributed by atoms with van der Waals surface area (Å²) in [4.78, 5) is 12.1. The first-order valence-electron chi connectivity index (χ1n) is 10.2. The van der Waals surface area contributed by atoms with Crippen LogP contribution in [0.25, 0.3) is 0 Å². The number of carbonyl (C=O) groups excluding carboxylic acids is 1. The summed E-state index contributed by atoms with van der Waals surface area (Å²) in [6.45, 7) is 8.60. The van der Waals surface area contributed by atoms with Gasteiger partial charge in [0.05, 0.1) is 19.1 Å². The van der Waals surface area contributed by atoms with E-state index < -0.39 is 0 Å². The van der Waals surface area contributed by atoms with E-state index in [9.17, 15) is 9.90 Å². The lowest BCUT2D eigenvalue weighted by Gasteiger charge is -2.43. The molecule has 3 fully saturated rings. The van der Waals surface area contributed by atoms with Gasteiger partial charge in [0.15, 0.2) is 0 Å². The lowest BCUT2D eigenvalue weighted by Crippen LogP contribution is -2.38. The largest absolute Gasteiger partial charge is 0.469 e. The molecule has 3 aliphatic rings. The molecule has 3 saturated carbocycles. The van der Waals surface area contributed by atoms with E-state index in [4.69, 9.17) is 4.74 Å². The molecule has 0 bridgehead atoms. The van der Waals surface area contributed by atoms with Crippen molar-refractivity contribution in [3.63, 3.8) is 0 Å². The Labute approximate surface area is 158 Å². The lowest BCUT2D eigenvalue weighted by molar-refractivity contribution is -0.148. The minimum atomic E-state index is -0.224. The Morgan fingerprint density at radius 3 is 2.81 bits per heavy atom. The topological polar surface area (TPSA) is 46.5 Å². The highest BCUT2D eigenvalue weighted by molar-refractivity contribution is 5.72. The zero-order valence-electron chi connectivity index (χ0n) is 16.6. The lowest BCUT2D eigenvalue weighted by atomic mass is 9.61. The Hall–Kier alpha value is -1.35. The van der Waals surface area contributed by atoms with Gasteiger partial charge in [0.2, 0.25) is 0 Å². The smallest absolute Gasteiger partial charge is 0.308 e. The quantitative estimate of drug-likeness (QED) is 0.725. The third kappa shape index (κ3) is 3.55. The molecular formula is C23H34O3. The summed E-state index contributed by atoms with van der Waals surface area (Å²) in [5, 5.41) is 9.95. The summed E-state index contributed by atoms with van der Waals surface area (Å²) < 4.78 is 5.03. The van der Waals surface area contributed by atoms with Gasteiger partial charge in [0, 0.05) is 0 Å². The standard InChI is InChI=1S/C23H34O3/c1-15-7-10-19(24)14-18(15)9-8-17-6-5-13-23(3)20(11-12-21(17)23)16(2)22(25)26-4/h8-9,16,19-21,24H,1,5-7,10-14H2,2-4H3/t16-,19-,20+,21-,23+/m0/s1. The highest BCUT2D eigenvalue weighted by Crippen LogP contribution is 2.59. The second-order valence-electron chi connectivity index (χ2n) is 8.84. The fraction of sp³-hybridized carbons (Fsp3) is 0.696. The third-order valence-corrected chi connectivity index (χ3v) is 7.40. The molecular weight excluding hydrogens is 324 g/mol. The van der Waals surface area contributed by atoms with Crippen molar-refractivity contribution in [2.24, 2.45) is 23.2 Å². The number of methoxy groups -OCH3 is 1. The molecule has 0 radical (unpaired) electrons. The minimum absolute atomic E-state index is 0.0269. The van der Waals surface area contributed by atoms with Crippen LogP contribution in [0, 0.1) is 23.2 Å². The molecule has 0 spiro atoms. The van der Waals surface area contributed by atoms with Crippen molar-refractivity contribution in [2.45, 2.75) is 71.3 Å². The Kier molecular flexibility index (Phi) is 5.76. The second kappa shape index (κ2) is 7.72. The molecule has 3 heteroatoms. The maximum atomic E-state index is 12.1. The molecule has 1 N–H and O–H groups in total. The van der Waals surface area contributed by atoms with E-state index in [0.717, 1.165) is 32.1 Å². The van der Waals surface area contributed by atoms with Crippen molar-refractivity contribution in [3.05, 3.63) is 35.5 Å². The van der Waals surface area contributed by atoms with Crippen LogP contribution < -0.4 is 0 Å². The van der Waals surface area contributed by atoms with E-state index >= 15 is 0 Å². The Morgan fingerprint density at radius 1 is 1.31 bits per heavy atom. The molecule has 0 saturated heterocycles. The van der Waals surface area contributed by atoms with Gasteiger partial charge in [-0.2, -0.15) is 0 Å². The maximum Gasteiger partial charge on any atom is 0.308 e. The monoisotopic (exact) mass is 358 g/mol. The first-order valence-corrected chi connectivity index (χ1v) is 10.2. The Morgan fingerprint density at radius 2 is 2.08 bits per heavy atom. The SMILES string of the molecule is C=C1CC[C@H](O)CC1=CC=C1CCC[C@]2(C)[C@@H]([C@H](C)C(=O)OC)CC[C@@H]12. The zero-order chi connectivity index (χ0) is 18.9. The van der Waals surface area contributed by atoms with E-state index in [1.165, 1.54) is 43.1 Å². The second-order valence-corrected chi connectivity index (χ2v) is 8.84. The molecule has 0 heterocycles. The molecule has 3 rings (SSSR count). The number of carbonyl (C=O) groups is 1. The number of rotatable bonds is 3. The Bertz CT molecular complexity index is 629. The van der Waals surface area contributed by atoms with Crippen molar-refractivity contribution in [3.8, 4) is 0 Å². The molecule has 5 atom stereocenters. The van der Waals surface area contributed by atoms with E-state index in [1.807, 2.05) is 6.92 Å². The van der Waals surface area contributed by atoms with E-state index in [1.54, 1.807) is 0 Å². The molecule has 3 nitrogen and oxygen atoms in total. The fourth-order valence-electron chi connectivity index (χ4n) is 5.85. The van der Waals surface area contributed by atoms with E-state index in [-0.39, 0.29) is 23.4 Å². The molecule has 0 aromatic rings. The maximum absolute atomic E-state index is 12.1. The van der Waals surface area contributed by atoms with Gasteiger partial charge < -0.3 is 9.84 Å². The van der Waals surface area contributed by atoms with Crippen molar-refractivity contribution in [2.75, 3.05) is 7.11 Å². The normalized spacial score (nSPS) is 39.1. The number of esters is 1. The van der Waals surface area contributed by atoms with Crippen LogP contribution in [0.3, 0.4) is 0 Å². The number of allylic oxidation sites excluding steroid dienone is 4. The van der Waals surface area contributed by atoms with Crippen LogP contribution >= 0.6 is 0 Å². The predicted molar refractivity (Wildman–Crippen MR) is 105 cm³/mol. The van der Waals surface area contributed by atoms with Crippen LogP contribution in [-0.2, 0) is 9.53 Å². The van der Waals surface area contributed by atoms with Crippen molar-refractivity contribution < 1.29 is 14.6 Å². The first kappa shape index (κ1) is 19.4. The summed E-state index contributed by atoms with van der Waals surface area (Å²) in [7, 11) is 1.50. The van der Waals surface area contributed by atoms with Gasteiger partial charge in [-0.3, -0.25) is 4.79 Å². The Balaban J connectivity index is 1.81. The first-order chi connectivity index (χ1) is 12.4. The number of ether oxygens (including phenoxy) is 1. The van der Waals surface area contributed by atoms with Gasteiger partial charge >= 0.3 is 5.97 Å². The van der Waals surface area contributed by atoms with Crippen LogP contribution in [0.1, 0.15) is 65.2 Å². The number of hydrogen-bond donors (Lipinski definition) is 1. The average molecular weight is 359 g/mol. The molecule has 144 valence electrons. The summed E-state index contributed by atoms with van der Waals surface area (Å²) in [6.07, 6.45) is 12.6. The van der Waals surface area contributed by atoms with E-state index in [0.29, 0.717) is 11.8 Å². The van der Waals surface area contributed by atoms with Gasteiger partial charge in [0.25, 0.3) is 0 Å². The highest BCUT2D eigenvalue weighted by atomic mass is 16.5. The number of fused-ring (bicyclic) bond motifs is 1. The summed E-state index contributed by atoms with van der Waals surface area (Å²) in [5.41, 5.74) is 4.10. The van der Waals surface area contributed by atoms with Crippen LogP contribution in [0.4, 0.5) is 0 Å². The van der Waals surface area contributed by atoms with Crippen LogP contribution in [-0.4, -0.2) is 24.3 Å². The predicted octanol–water partition coefficient (Wildman–Crippen LogP) is 4.97. The molecule has 0 amide bonds. The average Bonchev–Trinajstić information content (AvgIpc) is 2.98. The van der Waals surface area contributed by atoms with Crippen LogP contribution in [0.2, 0.25) is 0 Å². The molecule has 0 unspecified atom stereocenters. The van der Waals surface area contributed by atoms with Crippen molar-refractivity contribution in [1.82, 2.24) is 0 Å². The van der Waals surface area contributed by atoms with Gasteiger partial charge in [-0.1, -0.05) is 43.7 Å². The molecule has 0 aromatic heterocycles. The number of aliphatic hydroxyl groups excluding tert-OH is 1. The van der Waals surface area contributed by atoms with E-state index in [2.05, 4.69) is 25.7 Å². The van der Waals surface area contributed by atoms with Gasteiger partial charge in [-0.25, -0.2) is 0 Å². The molecule has 3 aliphatic carbocycles. The van der Waals surface area contributed by atoms with Gasteiger partial charge in [-0.15, -0.1) is 0 Å². The number of hydrogen-bond acceptors (Lipinski definition) is 3. The van der Waals surface area contributed by atoms with Gasteiger partial charge in [-0.05, 0) is 74.2 Å². The van der Waals surface area contributed by atoms with Crippen molar-refractivity contribution >= 4 is 5.97 Å². The number of aliphatic hydroxyl groups is 1. The highest BCUT2D eigenvalue weighted by Gasteiger charge is 2.52. The van der Waals surface area contributed by atoms with Crippen molar-refractivity contribution in [1.29, 1.82) is 0 Å². The minimum Gasteiger partial charge on any atom is -0.469 e. The molecule has 0 aliphatic heterocycles. The van der Waals surface area contributed by atoms with Crippen LogP contribution in [0.15, 0.2) is 35.5 Å².